The molecular weight excluding hydrogens is 250 g/mol. The van der Waals surface area contributed by atoms with E-state index in [1.807, 2.05) is 12.4 Å². The maximum Gasteiger partial charge on any atom is 0.0637 e. The fourth-order valence-corrected chi connectivity index (χ4v) is 2.39. The Kier molecular flexibility index (Phi) is 8.04. The summed E-state index contributed by atoms with van der Waals surface area (Å²) in [5.74, 6) is 0. The van der Waals surface area contributed by atoms with Crippen LogP contribution in [0.1, 0.15) is 40.0 Å². The van der Waals surface area contributed by atoms with Crippen molar-refractivity contribution in [1.29, 1.82) is 0 Å². The number of rotatable bonds is 10. The van der Waals surface area contributed by atoms with E-state index >= 15 is 0 Å². The fraction of sp³-hybridized carbons (Fsp3) is 0.688. The quantitative estimate of drug-likeness (QED) is 0.711. The first-order valence-corrected chi connectivity index (χ1v) is 7.71. The smallest absolute Gasteiger partial charge is 0.0637 e. The second-order valence-corrected chi connectivity index (χ2v) is 5.02. The van der Waals surface area contributed by atoms with E-state index in [-0.39, 0.29) is 0 Å². The molecule has 0 fully saturated rings. The minimum Gasteiger partial charge on any atom is -0.384 e. The highest BCUT2D eigenvalue weighted by molar-refractivity contribution is 5.56. The molecule has 1 aromatic heterocycles. The Morgan fingerprint density at radius 3 is 2.60 bits per heavy atom. The molecule has 0 bridgehead atoms. The van der Waals surface area contributed by atoms with Crippen LogP contribution < -0.4 is 10.2 Å². The lowest BCUT2D eigenvalue weighted by atomic mass is 10.1. The van der Waals surface area contributed by atoms with Gasteiger partial charge in [-0.15, -0.1) is 0 Å². The maximum atomic E-state index is 5.25. The van der Waals surface area contributed by atoms with Crippen LogP contribution in [0.25, 0.3) is 0 Å². The van der Waals surface area contributed by atoms with Gasteiger partial charge in [-0.25, -0.2) is 0 Å². The van der Waals surface area contributed by atoms with Gasteiger partial charge in [0.05, 0.1) is 30.4 Å². The van der Waals surface area contributed by atoms with Crippen molar-refractivity contribution in [3.8, 4) is 0 Å². The zero-order valence-corrected chi connectivity index (χ0v) is 13.4. The van der Waals surface area contributed by atoms with E-state index in [1.165, 1.54) is 5.69 Å². The van der Waals surface area contributed by atoms with Crippen molar-refractivity contribution in [3.05, 3.63) is 18.5 Å². The predicted octanol–water partition coefficient (Wildman–Crippen LogP) is 3.54. The van der Waals surface area contributed by atoms with Crippen LogP contribution in [-0.4, -0.2) is 37.8 Å². The summed E-state index contributed by atoms with van der Waals surface area (Å²) in [4.78, 5) is 6.78. The molecule has 4 heteroatoms. The third kappa shape index (κ3) is 5.00. The molecule has 1 heterocycles. The van der Waals surface area contributed by atoms with E-state index in [0.717, 1.165) is 44.6 Å². The number of hydrogen-bond acceptors (Lipinski definition) is 4. The number of anilines is 2. The molecule has 0 spiro atoms. The van der Waals surface area contributed by atoms with Crippen molar-refractivity contribution in [2.75, 3.05) is 37.0 Å². The molecule has 1 rings (SSSR count). The summed E-state index contributed by atoms with van der Waals surface area (Å²) < 4.78 is 5.25. The highest BCUT2D eigenvalue weighted by Crippen LogP contribution is 2.22. The lowest BCUT2D eigenvalue weighted by Gasteiger charge is -2.32. The topological polar surface area (TPSA) is 37.4 Å². The zero-order chi connectivity index (χ0) is 14.8. The maximum absolute atomic E-state index is 5.25. The summed E-state index contributed by atoms with van der Waals surface area (Å²) >= 11 is 0. The molecule has 0 atom stereocenters. The van der Waals surface area contributed by atoms with Crippen molar-refractivity contribution in [3.63, 3.8) is 0 Å². The number of methoxy groups -OCH3 is 1. The molecule has 0 saturated carbocycles. The van der Waals surface area contributed by atoms with Crippen molar-refractivity contribution >= 4 is 11.4 Å². The highest BCUT2D eigenvalue weighted by Gasteiger charge is 2.16. The van der Waals surface area contributed by atoms with Crippen molar-refractivity contribution in [1.82, 2.24) is 4.98 Å². The first kappa shape index (κ1) is 16.8. The largest absolute Gasteiger partial charge is 0.384 e. The second-order valence-electron chi connectivity index (χ2n) is 5.02. The van der Waals surface area contributed by atoms with Gasteiger partial charge in [-0.05, 0) is 25.3 Å². The van der Waals surface area contributed by atoms with Crippen molar-refractivity contribution < 1.29 is 4.74 Å². The number of ether oxygens (including phenoxy) is 1. The van der Waals surface area contributed by atoms with Gasteiger partial charge < -0.3 is 15.0 Å². The number of nitrogens with zero attached hydrogens (tertiary/aromatic N) is 2. The van der Waals surface area contributed by atoms with Gasteiger partial charge in [-0.1, -0.05) is 20.8 Å². The van der Waals surface area contributed by atoms with Gasteiger partial charge in [0.1, 0.15) is 0 Å². The molecule has 20 heavy (non-hydrogen) atoms. The summed E-state index contributed by atoms with van der Waals surface area (Å²) in [7, 11) is 1.75. The summed E-state index contributed by atoms with van der Waals surface area (Å²) in [5, 5.41) is 3.40. The van der Waals surface area contributed by atoms with Gasteiger partial charge in [-0.2, -0.15) is 0 Å². The number of aromatic nitrogens is 1. The minimum atomic E-state index is 0.536. The third-order valence-electron chi connectivity index (χ3n) is 3.55. The van der Waals surface area contributed by atoms with Crippen LogP contribution in [0.2, 0.25) is 0 Å². The monoisotopic (exact) mass is 279 g/mol. The zero-order valence-electron chi connectivity index (χ0n) is 13.4. The Morgan fingerprint density at radius 2 is 2.00 bits per heavy atom. The van der Waals surface area contributed by atoms with Gasteiger partial charge in [0.25, 0.3) is 0 Å². The van der Waals surface area contributed by atoms with Crippen LogP contribution in [0.4, 0.5) is 11.4 Å². The van der Waals surface area contributed by atoms with Crippen LogP contribution in [0.5, 0.6) is 0 Å². The molecular formula is C16H29N3O. The lowest BCUT2D eigenvalue weighted by molar-refractivity contribution is 0.202. The summed E-state index contributed by atoms with van der Waals surface area (Å²) in [6.07, 6.45) is 7.22. The van der Waals surface area contributed by atoms with Gasteiger partial charge >= 0.3 is 0 Å². The van der Waals surface area contributed by atoms with Crippen molar-refractivity contribution in [2.45, 2.75) is 46.1 Å². The van der Waals surface area contributed by atoms with E-state index in [2.05, 4.69) is 42.0 Å². The Bertz CT molecular complexity index is 366. The number of nitrogens with one attached hydrogen (secondary N) is 1. The summed E-state index contributed by atoms with van der Waals surface area (Å²) in [6.45, 7) is 9.26. The Labute approximate surface area is 123 Å². The average Bonchev–Trinajstić information content (AvgIpc) is 2.49. The molecule has 0 saturated heterocycles. The molecule has 4 nitrogen and oxygen atoms in total. The first-order valence-electron chi connectivity index (χ1n) is 7.71. The van der Waals surface area contributed by atoms with E-state index in [4.69, 9.17) is 4.74 Å². The predicted molar refractivity (Wildman–Crippen MR) is 86.6 cm³/mol. The van der Waals surface area contributed by atoms with Crippen LogP contribution in [0.3, 0.4) is 0 Å². The lowest BCUT2D eigenvalue weighted by Crippen LogP contribution is -2.37. The average molecular weight is 279 g/mol. The Balaban J connectivity index is 2.87. The standard InChI is InChI=1S/C16H29N3O/c1-5-8-18-14-11-16(13-17-12-14)19(9-10-20-4)15(6-2)7-3/h11-13,15,18H,5-10H2,1-4H3. The Morgan fingerprint density at radius 1 is 1.25 bits per heavy atom. The van der Waals surface area contributed by atoms with Gasteiger partial charge in [0.15, 0.2) is 0 Å². The molecule has 114 valence electrons. The molecule has 1 N–H and O–H groups in total. The van der Waals surface area contributed by atoms with Crippen LogP contribution in [0, 0.1) is 0 Å². The van der Waals surface area contributed by atoms with Crippen LogP contribution in [-0.2, 0) is 4.74 Å². The van der Waals surface area contributed by atoms with Crippen molar-refractivity contribution in [2.24, 2.45) is 0 Å². The van der Waals surface area contributed by atoms with Gasteiger partial charge in [-0.3, -0.25) is 4.98 Å². The highest BCUT2D eigenvalue weighted by atomic mass is 16.5. The number of pyridine rings is 1. The van der Waals surface area contributed by atoms with Crippen LogP contribution >= 0.6 is 0 Å². The SMILES string of the molecule is CCCNc1cncc(N(CCOC)C(CC)CC)c1. The van der Waals surface area contributed by atoms with Gasteiger partial charge in [0.2, 0.25) is 0 Å². The van der Waals surface area contributed by atoms with E-state index in [1.54, 1.807) is 7.11 Å². The molecule has 1 aromatic rings. The van der Waals surface area contributed by atoms with E-state index < -0.39 is 0 Å². The van der Waals surface area contributed by atoms with E-state index in [9.17, 15) is 0 Å². The van der Waals surface area contributed by atoms with Gasteiger partial charge in [0, 0.05) is 26.2 Å². The molecule has 0 aliphatic heterocycles. The molecule has 0 radical (unpaired) electrons. The Hall–Kier alpha value is -1.29. The molecule has 0 unspecified atom stereocenters. The summed E-state index contributed by atoms with van der Waals surface area (Å²) in [6, 6.07) is 2.73. The van der Waals surface area contributed by atoms with E-state index in [0.29, 0.717) is 6.04 Å². The molecule has 0 aromatic carbocycles. The summed E-state index contributed by atoms with van der Waals surface area (Å²) in [5.41, 5.74) is 2.27. The first-order chi connectivity index (χ1) is 9.76. The minimum absolute atomic E-state index is 0.536. The molecule has 0 amide bonds. The van der Waals surface area contributed by atoms with Crippen LogP contribution in [0.15, 0.2) is 18.5 Å². The number of hydrogen-bond donors (Lipinski definition) is 1. The normalized spacial score (nSPS) is 10.8. The molecule has 0 aliphatic rings. The third-order valence-corrected chi connectivity index (χ3v) is 3.55. The fourth-order valence-electron chi connectivity index (χ4n) is 2.39. The second kappa shape index (κ2) is 9.59. The molecule has 0 aliphatic carbocycles.